The molecule has 0 aliphatic carbocycles. The minimum absolute atomic E-state index is 0.0183. The van der Waals surface area contributed by atoms with Crippen LogP contribution in [0.25, 0.3) is 0 Å². The molecule has 4 atom stereocenters. The highest BCUT2D eigenvalue weighted by Gasteiger charge is 2.66. The van der Waals surface area contributed by atoms with Crippen molar-refractivity contribution in [2.75, 3.05) is 49.7 Å². The number of carbonyl (C=O) groups excluding carboxylic acids is 3. The van der Waals surface area contributed by atoms with E-state index >= 15 is 4.79 Å². The maximum absolute atomic E-state index is 15.2. The first-order chi connectivity index (χ1) is 26.1. The molecule has 282 valence electrons. The van der Waals surface area contributed by atoms with Crippen molar-refractivity contribution in [3.05, 3.63) is 120 Å². The lowest BCUT2D eigenvalue weighted by molar-refractivity contribution is -0.150. The van der Waals surface area contributed by atoms with Crippen molar-refractivity contribution in [1.82, 2.24) is 10.2 Å². The number of piperazine rings is 1. The number of amides is 3. The molecule has 4 aromatic rings. The Morgan fingerprint density at radius 3 is 2.43 bits per heavy atom. The zero-order chi connectivity index (χ0) is 38.0. The second-order valence-electron chi connectivity index (χ2n) is 15.2. The summed E-state index contributed by atoms with van der Waals surface area (Å²) in [5.74, 6) is 0.244. The third-order valence-electron chi connectivity index (χ3n) is 11.7. The predicted octanol–water partition coefficient (Wildman–Crippen LogP) is 4.81. The van der Waals surface area contributed by atoms with Gasteiger partial charge >= 0.3 is 0 Å². The molecule has 2 N–H and O–H groups in total. The Morgan fingerprint density at radius 2 is 1.70 bits per heavy atom. The Morgan fingerprint density at radius 1 is 0.981 bits per heavy atom. The van der Waals surface area contributed by atoms with Crippen LogP contribution in [0, 0.1) is 5.92 Å². The molecular formula is C43H50N4O6Si. The van der Waals surface area contributed by atoms with Gasteiger partial charge in [0.2, 0.25) is 11.8 Å². The van der Waals surface area contributed by atoms with E-state index in [1.165, 1.54) is 5.19 Å². The lowest BCUT2D eigenvalue weighted by Crippen LogP contribution is -2.52. The van der Waals surface area contributed by atoms with Crippen LogP contribution in [0.15, 0.2) is 103 Å². The number of aliphatic hydroxyl groups is 1. The van der Waals surface area contributed by atoms with Crippen molar-refractivity contribution in [3.8, 4) is 5.75 Å². The van der Waals surface area contributed by atoms with Gasteiger partial charge in [0.25, 0.3) is 5.91 Å². The fourth-order valence-electron chi connectivity index (χ4n) is 9.03. The predicted molar refractivity (Wildman–Crippen MR) is 212 cm³/mol. The molecule has 3 amide bonds. The molecule has 3 heterocycles. The maximum Gasteiger partial charge on any atom is 0.264 e. The van der Waals surface area contributed by atoms with Crippen molar-refractivity contribution in [1.29, 1.82) is 0 Å². The Labute approximate surface area is 318 Å². The molecule has 10 nitrogen and oxygen atoms in total. The number of para-hydroxylation sites is 1. The Hall–Kier alpha value is -4.81. The van der Waals surface area contributed by atoms with Gasteiger partial charge in [0.05, 0.1) is 53.1 Å². The molecule has 1 spiro atoms. The standard InChI is InChI=1S/C43H50N4O6Si/c1-30-41(54(3,4)35-19-17-34(52-2)18-20-35)38(26-39(49)45(23-24-48)28-31-11-6-5-7-12-31)53-43(30)36-15-8-9-16-37(36)47(42(43)51)29-32-13-10-14-33(25-32)46-22-21-44-27-40(46)50/h5-20,25,30,38,41,44,48H,21-24,26-29H2,1-4H3/t30-,38+,41-,43+/m0/s1. The fraction of sp³-hybridized carbons (Fsp3) is 0.372. The third-order valence-corrected chi connectivity index (χ3v) is 16.1. The van der Waals surface area contributed by atoms with Gasteiger partial charge < -0.3 is 34.6 Å². The number of aliphatic hydroxyl groups excluding tert-OH is 1. The van der Waals surface area contributed by atoms with Crippen molar-refractivity contribution < 1.29 is 29.0 Å². The van der Waals surface area contributed by atoms with E-state index in [-0.39, 0.29) is 48.8 Å². The van der Waals surface area contributed by atoms with Crippen LogP contribution >= 0.6 is 0 Å². The molecule has 0 aromatic heterocycles. The maximum atomic E-state index is 15.2. The quantitative estimate of drug-likeness (QED) is 0.201. The van der Waals surface area contributed by atoms with Gasteiger partial charge in [-0.05, 0) is 47.0 Å². The van der Waals surface area contributed by atoms with Crippen LogP contribution in [0.5, 0.6) is 5.75 Å². The van der Waals surface area contributed by atoms with Crippen LogP contribution < -0.4 is 25.0 Å². The summed E-state index contributed by atoms with van der Waals surface area (Å²) in [5.41, 5.74) is 2.86. The molecule has 2 fully saturated rings. The average molecular weight is 747 g/mol. The van der Waals surface area contributed by atoms with Gasteiger partial charge in [-0.3, -0.25) is 14.4 Å². The smallest absolute Gasteiger partial charge is 0.264 e. The van der Waals surface area contributed by atoms with E-state index in [9.17, 15) is 14.7 Å². The summed E-state index contributed by atoms with van der Waals surface area (Å²) < 4.78 is 12.7. The van der Waals surface area contributed by atoms with E-state index in [0.717, 1.165) is 40.4 Å². The monoisotopic (exact) mass is 746 g/mol. The zero-order valence-electron chi connectivity index (χ0n) is 31.5. The highest BCUT2D eigenvalue weighted by molar-refractivity contribution is 6.91. The number of anilines is 2. The molecule has 0 unspecified atom stereocenters. The molecule has 0 saturated carbocycles. The first-order valence-corrected chi connectivity index (χ1v) is 21.9. The second kappa shape index (κ2) is 15.5. The molecule has 11 heteroatoms. The van der Waals surface area contributed by atoms with E-state index in [1.807, 2.05) is 95.9 Å². The molecule has 2 saturated heterocycles. The largest absolute Gasteiger partial charge is 0.497 e. The Balaban J connectivity index is 1.25. The molecule has 0 radical (unpaired) electrons. The Bertz CT molecular complexity index is 1990. The van der Waals surface area contributed by atoms with E-state index in [4.69, 9.17) is 9.47 Å². The first kappa shape index (κ1) is 37.5. The van der Waals surface area contributed by atoms with Gasteiger partial charge in [-0.2, -0.15) is 0 Å². The average Bonchev–Trinajstić information content (AvgIpc) is 3.61. The van der Waals surface area contributed by atoms with Crippen LogP contribution in [-0.2, 0) is 37.8 Å². The fourth-order valence-corrected chi connectivity index (χ4v) is 13.0. The lowest BCUT2D eigenvalue weighted by Gasteiger charge is -2.37. The van der Waals surface area contributed by atoms with E-state index < -0.39 is 19.8 Å². The van der Waals surface area contributed by atoms with Crippen molar-refractivity contribution in [2.45, 2.75) is 56.8 Å². The van der Waals surface area contributed by atoms with Crippen molar-refractivity contribution in [3.63, 3.8) is 0 Å². The van der Waals surface area contributed by atoms with Crippen molar-refractivity contribution >= 4 is 42.4 Å². The summed E-state index contributed by atoms with van der Waals surface area (Å²) in [4.78, 5) is 47.6. The van der Waals surface area contributed by atoms with Crippen LogP contribution in [0.3, 0.4) is 0 Å². The minimum atomic E-state index is -2.49. The number of hydrogen-bond acceptors (Lipinski definition) is 7. The zero-order valence-corrected chi connectivity index (χ0v) is 32.5. The van der Waals surface area contributed by atoms with Crippen LogP contribution in [0.4, 0.5) is 11.4 Å². The van der Waals surface area contributed by atoms with Crippen LogP contribution in [0.2, 0.25) is 18.6 Å². The third kappa shape index (κ3) is 6.85. The minimum Gasteiger partial charge on any atom is -0.497 e. The van der Waals surface area contributed by atoms with Gasteiger partial charge in [-0.1, -0.05) is 98.0 Å². The first-order valence-electron chi connectivity index (χ1n) is 18.8. The number of rotatable bonds is 12. The van der Waals surface area contributed by atoms with Gasteiger partial charge in [0.15, 0.2) is 5.60 Å². The summed E-state index contributed by atoms with van der Waals surface area (Å²) in [6.45, 7) is 9.03. The van der Waals surface area contributed by atoms with Gasteiger partial charge in [-0.25, -0.2) is 0 Å². The molecule has 0 bridgehead atoms. The van der Waals surface area contributed by atoms with Gasteiger partial charge in [0, 0.05) is 43.3 Å². The van der Waals surface area contributed by atoms with E-state index in [0.29, 0.717) is 26.2 Å². The number of methoxy groups -OCH3 is 1. The summed E-state index contributed by atoms with van der Waals surface area (Å²) in [6, 6.07) is 33.7. The number of nitrogens with one attached hydrogen (secondary N) is 1. The van der Waals surface area contributed by atoms with Gasteiger partial charge in [-0.15, -0.1) is 0 Å². The molecular weight excluding hydrogens is 697 g/mol. The van der Waals surface area contributed by atoms with Crippen molar-refractivity contribution in [2.24, 2.45) is 5.92 Å². The van der Waals surface area contributed by atoms with Crippen LogP contribution in [0.1, 0.15) is 30.0 Å². The normalized spacial score (nSPS) is 22.5. The molecule has 3 aliphatic rings. The number of fused-ring (bicyclic) bond motifs is 2. The SMILES string of the molecule is COc1ccc([Si](C)(C)[C@@H]2[C@@H](CC(=O)N(CCO)Cc3ccccc3)O[C@]3(C(=O)N(Cc4cccc(N5CCNCC5=O)c4)c4ccccc43)[C@H]2C)cc1. The highest BCUT2D eigenvalue weighted by atomic mass is 28.3. The topological polar surface area (TPSA) is 112 Å². The number of hydrogen-bond donors (Lipinski definition) is 2. The summed E-state index contributed by atoms with van der Waals surface area (Å²) in [7, 11) is -0.838. The summed E-state index contributed by atoms with van der Waals surface area (Å²) in [5, 5.41) is 14.3. The second-order valence-corrected chi connectivity index (χ2v) is 19.9. The summed E-state index contributed by atoms with van der Waals surface area (Å²) >= 11 is 0. The number of nitrogens with zero attached hydrogens (tertiary/aromatic N) is 3. The van der Waals surface area contributed by atoms with E-state index in [1.54, 1.807) is 16.9 Å². The Kier molecular flexibility index (Phi) is 10.8. The highest BCUT2D eigenvalue weighted by Crippen LogP contribution is 2.60. The number of ether oxygens (including phenoxy) is 2. The summed E-state index contributed by atoms with van der Waals surface area (Å²) in [6.07, 6.45) is -0.487. The number of benzene rings is 4. The number of carbonyl (C=O) groups is 3. The van der Waals surface area contributed by atoms with E-state index in [2.05, 4.69) is 37.5 Å². The molecule has 7 rings (SSSR count). The van der Waals surface area contributed by atoms with Gasteiger partial charge in [0.1, 0.15) is 5.75 Å². The molecule has 54 heavy (non-hydrogen) atoms. The molecule has 3 aliphatic heterocycles. The van der Waals surface area contributed by atoms with Crippen LogP contribution in [-0.4, -0.2) is 81.8 Å². The lowest BCUT2D eigenvalue weighted by atomic mass is 9.82. The molecule has 4 aromatic carbocycles.